The molecule has 23 heavy (non-hydrogen) atoms. The first-order valence-electron chi connectivity index (χ1n) is 7.06. The maximum atomic E-state index is 14.0. The number of aryl methyl sites for hydroxylation is 1. The van der Waals surface area contributed by atoms with Crippen LogP contribution in [0.2, 0.25) is 0 Å². The molecule has 2 rings (SSSR count). The molecule has 6 heteroatoms. The molecule has 0 aromatic heterocycles. The van der Waals surface area contributed by atoms with Gasteiger partial charge in [0.25, 0.3) is 5.91 Å². The Morgan fingerprint density at radius 2 is 1.78 bits per heavy atom. The van der Waals surface area contributed by atoms with E-state index in [2.05, 4.69) is 5.32 Å². The minimum Gasteiger partial charge on any atom is -0.478 e. The molecule has 0 aliphatic rings. The van der Waals surface area contributed by atoms with E-state index in [1.54, 1.807) is 6.07 Å². The third-order valence-electron chi connectivity index (χ3n) is 3.31. The number of carboxylic acids is 1. The van der Waals surface area contributed by atoms with Crippen LogP contribution < -0.4 is 5.32 Å². The zero-order valence-corrected chi connectivity index (χ0v) is 12.3. The smallest absolute Gasteiger partial charge is 0.336 e. The predicted molar refractivity (Wildman–Crippen MR) is 83.2 cm³/mol. The van der Waals surface area contributed by atoms with Gasteiger partial charge in [-0.1, -0.05) is 18.2 Å². The summed E-state index contributed by atoms with van der Waals surface area (Å²) in [5, 5.41) is 20.2. The summed E-state index contributed by atoms with van der Waals surface area (Å²) in [7, 11) is 0. The Hall–Kier alpha value is -2.73. The number of carbonyl (C=O) groups is 2. The minimum atomic E-state index is -1.23. The zero-order chi connectivity index (χ0) is 16.8. The van der Waals surface area contributed by atoms with Gasteiger partial charge in [-0.15, -0.1) is 0 Å². The summed E-state index contributed by atoms with van der Waals surface area (Å²) in [6, 6.07) is 10.1. The average molecular weight is 317 g/mol. The first-order chi connectivity index (χ1) is 11.0. The van der Waals surface area contributed by atoms with Gasteiger partial charge in [-0.3, -0.25) is 4.79 Å². The highest BCUT2D eigenvalue weighted by atomic mass is 19.1. The van der Waals surface area contributed by atoms with Gasteiger partial charge in [0.05, 0.1) is 16.8 Å². The van der Waals surface area contributed by atoms with Gasteiger partial charge >= 0.3 is 5.97 Å². The lowest BCUT2D eigenvalue weighted by molar-refractivity contribution is 0.0692. The van der Waals surface area contributed by atoms with Crippen LogP contribution in [-0.2, 0) is 6.42 Å². The van der Waals surface area contributed by atoms with Gasteiger partial charge in [0, 0.05) is 6.61 Å². The van der Waals surface area contributed by atoms with E-state index >= 15 is 0 Å². The Balaban J connectivity index is 2.19. The minimum absolute atomic E-state index is 0.0199. The van der Waals surface area contributed by atoms with Crippen LogP contribution in [0.3, 0.4) is 0 Å². The van der Waals surface area contributed by atoms with E-state index in [9.17, 15) is 14.0 Å². The Bertz CT molecular complexity index is 730. The summed E-state index contributed by atoms with van der Waals surface area (Å²) in [5.74, 6) is -2.53. The molecule has 0 atom stereocenters. The van der Waals surface area contributed by atoms with E-state index < -0.39 is 17.7 Å². The number of halogens is 1. The molecule has 0 unspecified atom stereocenters. The largest absolute Gasteiger partial charge is 0.478 e. The first-order valence-corrected chi connectivity index (χ1v) is 7.06. The van der Waals surface area contributed by atoms with Crippen LogP contribution in [0, 0.1) is 5.82 Å². The van der Waals surface area contributed by atoms with Crippen molar-refractivity contribution in [2.24, 2.45) is 0 Å². The maximum absolute atomic E-state index is 14.0. The number of carbonyl (C=O) groups excluding carboxylic acids is 1. The molecule has 3 N–H and O–H groups in total. The van der Waals surface area contributed by atoms with Crippen LogP contribution in [0.15, 0.2) is 42.5 Å². The van der Waals surface area contributed by atoms with Gasteiger partial charge in [0.15, 0.2) is 0 Å². The van der Waals surface area contributed by atoms with Crippen molar-refractivity contribution in [3.05, 3.63) is 65.0 Å². The lowest BCUT2D eigenvalue weighted by atomic mass is 10.1. The van der Waals surface area contributed by atoms with E-state index in [-0.39, 0.29) is 23.4 Å². The Morgan fingerprint density at radius 1 is 1.09 bits per heavy atom. The van der Waals surface area contributed by atoms with Crippen molar-refractivity contribution in [3.63, 3.8) is 0 Å². The highest BCUT2D eigenvalue weighted by molar-refractivity contribution is 6.10. The molecular formula is C17H16FNO4. The van der Waals surface area contributed by atoms with Crippen LogP contribution in [0.5, 0.6) is 0 Å². The second-order valence-electron chi connectivity index (χ2n) is 4.95. The number of carboxylic acid groups (broad SMARTS) is 1. The van der Waals surface area contributed by atoms with Crippen molar-refractivity contribution in [1.82, 2.24) is 0 Å². The summed E-state index contributed by atoms with van der Waals surface area (Å²) in [5.41, 5.74) is 0.497. The van der Waals surface area contributed by atoms with E-state index in [1.807, 2.05) is 0 Å². The number of hydrogen-bond donors (Lipinski definition) is 3. The van der Waals surface area contributed by atoms with E-state index in [4.69, 9.17) is 10.2 Å². The third kappa shape index (κ3) is 4.14. The monoisotopic (exact) mass is 317 g/mol. The lowest BCUT2D eigenvalue weighted by Gasteiger charge is -2.09. The Labute approximate surface area is 132 Å². The van der Waals surface area contributed by atoms with Crippen molar-refractivity contribution < 1.29 is 24.2 Å². The summed E-state index contributed by atoms with van der Waals surface area (Å²) >= 11 is 0. The molecule has 120 valence electrons. The summed E-state index contributed by atoms with van der Waals surface area (Å²) in [6.07, 6.45) is 1.06. The zero-order valence-electron chi connectivity index (χ0n) is 12.3. The Kier molecular flexibility index (Phi) is 5.43. The number of nitrogens with one attached hydrogen (secondary N) is 1. The number of rotatable bonds is 6. The quantitative estimate of drug-likeness (QED) is 0.764. The van der Waals surface area contributed by atoms with Crippen LogP contribution in [0.4, 0.5) is 10.1 Å². The SMILES string of the molecule is O=C(O)c1ccccc1C(=O)Nc1ccc(CCCO)cc1F. The molecule has 0 saturated carbocycles. The van der Waals surface area contributed by atoms with Crippen LogP contribution in [0.1, 0.15) is 32.7 Å². The highest BCUT2D eigenvalue weighted by Gasteiger charge is 2.17. The van der Waals surface area contributed by atoms with Crippen molar-refractivity contribution in [2.45, 2.75) is 12.8 Å². The van der Waals surface area contributed by atoms with Crippen molar-refractivity contribution in [3.8, 4) is 0 Å². The molecule has 0 fully saturated rings. The molecule has 5 nitrogen and oxygen atoms in total. The molecule has 0 heterocycles. The van der Waals surface area contributed by atoms with Gasteiger partial charge < -0.3 is 15.5 Å². The van der Waals surface area contributed by atoms with Crippen molar-refractivity contribution in [2.75, 3.05) is 11.9 Å². The predicted octanol–water partition coefficient (Wildman–Crippen LogP) is 2.70. The molecule has 0 aliphatic carbocycles. The molecule has 0 aliphatic heterocycles. The Morgan fingerprint density at radius 3 is 2.39 bits per heavy atom. The van der Waals surface area contributed by atoms with Gasteiger partial charge in [-0.25, -0.2) is 9.18 Å². The van der Waals surface area contributed by atoms with Gasteiger partial charge in [0.1, 0.15) is 5.82 Å². The van der Waals surface area contributed by atoms with Crippen LogP contribution >= 0.6 is 0 Å². The molecule has 0 spiro atoms. The maximum Gasteiger partial charge on any atom is 0.336 e. The number of aliphatic hydroxyl groups excluding tert-OH is 1. The molecule has 0 saturated heterocycles. The van der Waals surface area contributed by atoms with E-state index in [1.165, 1.54) is 36.4 Å². The fraction of sp³-hybridized carbons (Fsp3) is 0.176. The van der Waals surface area contributed by atoms with Gasteiger partial charge in [0.2, 0.25) is 0 Å². The van der Waals surface area contributed by atoms with Crippen LogP contribution in [0.25, 0.3) is 0 Å². The van der Waals surface area contributed by atoms with Gasteiger partial charge in [-0.05, 0) is 42.7 Å². The molecule has 2 aromatic rings. The fourth-order valence-corrected chi connectivity index (χ4v) is 2.16. The van der Waals surface area contributed by atoms with E-state index in [0.717, 1.165) is 0 Å². The third-order valence-corrected chi connectivity index (χ3v) is 3.31. The standard InChI is InChI=1S/C17H16FNO4/c18-14-10-11(4-3-9-20)7-8-15(14)19-16(21)12-5-1-2-6-13(12)17(22)23/h1-2,5-8,10,20H,3-4,9H2,(H,19,21)(H,22,23). The number of hydrogen-bond acceptors (Lipinski definition) is 3. The fourth-order valence-electron chi connectivity index (χ4n) is 2.16. The summed E-state index contributed by atoms with van der Waals surface area (Å²) in [6.45, 7) is 0.0199. The normalized spacial score (nSPS) is 10.3. The van der Waals surface area contributed by atoms with Crippen molar-refractivity contribution in [1.29, 1.82) is 0 Å². The first kappa shape index (κ1) is 16.6. The van der Waals surface area contributed by atoms with Crippen LogP contribution in [-0.4, -0.2) is 28.7 Å². The number of amides is 1. The van der Waals surface area contributed by atoms with Gasteiger partial charge in [-0.2, -0.15) is 0 Å². The summed E-state index contributed by atoms with van der Waals surface area (Å²) < 4.78 is 14.0. The second kappa shape index (κ2) is 7.51. The van der Waals surface area contributed by atoms with E-state index in [0.29, 0.717) is 18.4 Å². The second-order valence-corrected chi connectivity index (χ2v) is 4.95. The molecule has 0 bridgehead atoms. The molecule has 1 amide bonds. The lowest BCUT2D eigenvalue weighted by Crippen LogP contribution is -2.17. The summed E-state index contributed by atoms with van der Waals surface area (Å²) in [4.78, 5) is 23.3. The number of benzene rings is 2. The molecule has 0 radical (unpaired) electrons. The molecular weight excluding hydrogens is 301 g/mol. The highest BCUT2D eigenvalue weighted by Crippen LogP contribution is 2.19. The number of aromatic carboxylic acids is 1. The topological polar surface area (TPSA) is 86.6 Å². The molecule has 2 aromatic carbocycles. The number of aliphatic hydroxyl groups is 1. The number of anilines is 1. The average Bonchev–Trinajstić information content (AvgIpc) is 2.55. The van der Waals surface area contributed by atoms with Crippen molar-refractivity contribution >= 4 is 17.6 Å².